The van der Waals surface area contributed by atoms with Gasteiger partial charge in [-0.15, -0.1) is 0 Å². The SMILES string of the molecule is CN(C)C(=O)CN(C)C(=O)Nc1ccc(CC(=O)O)cc1. The molecule has 0 aliphatic heterocycles. The third kappa shape index (κ3) is 5.52. The van der Waals surface area contributed by atoms with Gasteiger partial charge in [0.05, 0.1) is 6.42 Å². The zero-order chi connectivity index (χ0) is 16.0. The summed E-state index contributed by atoms with van der Waals surface area (Å²) in [5.74, 6) is -1.09. The first kappa shape index (κ1) is 16.5. The van der Waals surface area contributed by atoms with Crippen LogP contribution in [0.1, 0.15) is 5.56 Å². The first-order valence-corrected chi connectivity index (χ1v) is 6.32. The molecule has 0 aliphatic rings. The average Bonchev–Trinajstić information content (AvgIpc) is 2.40. The third-order valence-electron chi connectivity index (χ3n) is 2.78. The van der Waals surface area contributed by atoms with Gasteiger partial charge in [0.25, 0.3) is 0 Å². The van der Waals surface area contributed by atoms with Crippen LogP contribution in [0.4, 0.5) is 10.5 Å². The van der Waals surface area contributed by atoms with E-state index < -0.39 is 12.0 Å². The van der Waals surface area contributed by atoms with Crippen LogP contribution in [0.3, 0.4) is 0 Å². The Balaban J connectivity index is 2.58. The lowest BCUT2D eigenvalue weighted by Gasteiger charge is -2.19. The predicted octanol–water partition coefficient (Wildman–Crippen LogP) is 0.866. The van der Waals surface area contributed by atoms with Gasteiger partial charge in [0.1, 0.15) is 6.54 Å². The molecule has 2 N–H and O–H groups in total. The number of hydrogen-bond acceptors (Lipinski definition) is 3. The molecule has 0 aromatic heterocycles. The maximum Gasteiger partial charge on any atom is 0.322 e. The van der Waals surface area contributed by atoms with Gasteiger partial charge in [0, 0.05) is 26.8 Å². The van der Waals surface area contributed by atoms with E-state index in [4.69, 9.17) is 5.11 Å². The van der Waals surface area contributed by atoms with E-state index in [0.717, 1.165) is 0 Å². The lowest BCUT2D eigenvalue weighted by atomic mass is 10.1. The molecule has 7 nitrogen and oxygen atoms in total. The van der Waals surface area contributed by atoms with Gasteiger partial charge < -0.3 is 20.2 Å². The van der Waals surface area contributed by atoms with E-state index in [9.17, 15) is 14.4 Å². The van der Waals surface area contributed by atoms with Gasteiger partial charge in [-0.1, -0.05) is 12.1 Å². The highest BCUT2D eigenvalue weighted by Crippen LogP contribution is 2.10. The van der Waals surface area contributed by atoms with Crippen molar-refractivity contribution in [3.63, 3.8) is 0 Å². The molecule has 0 heterocycles. The molecular formula is C14H19N3O4. The number of nitrogens with one attached hydrogen (secondary N) is 1. The number of benzene rings is 1. The number of aliphatic carboxylic acids is 1. The molecule has 0 aliphatic carbocycles. The second-order valence-electron chi connectivity index (χ2n) is 4.84. The van der Waals surface area contributed by atoms with Crippen LogP contribution in [-0.2, 0) is 16.0 Å². The van der Waals surface area contributed by atoms with Crippen molar-refractivity contribution in [2.45, 2.75) is 6.42 Å². The maximum atomic E-state index is 11.9. The predicted molar refractivity (Wildman–Crippen MR) is 78.1 cm³/mol. The summed E-state index contributed by atoms with van der Waals surface area (Å²) in [6.07, 6.45) is -0.0640. The number of carbonyl (C=O) groups excluding carboxylic acids is 2. The number of amides is 3. The molecule has 114 valence electrons. The van der Waals surface area contributed by atoms with Gasteiger partial charge in [-0.2, -0.15) is 0 Å². The number of carbonyl (C=O) groups is 3. The highest BCUT2D eigenvalue weighted by molar-refractivity contribution is 5.92. The Kier molecular flexibility index (Phi) is 5.71. The van der Waals surface area contributed by atoms with E-state index in [-0.39, 0.29) is 18.9 Å². The highest BCUT2D eigenvalue weighted by Gasteiger charge is 2.14. The summed E-state index contributed by atoms with van der Waals surface area (Å²) in [4.78, 5) is 36.6. The van der Waals surface area contributed by atoms with Crippen LogP contribution < -0.4 is 5.32 Å². The van der Waals surface area contributed by atoms with E-state index in [1.165, 1.54) is 16.8 Å². The third-order valence-corrected chi connectivity index (χ3v) is 2.78. The molecule has 0 saturated heterocycles. The van der Waals surface area contributed by atoms with Crippen LogP contribution in [0, 0.1) is 0 Å². The summed E-state index contributed by atoms with van der Waals surface area (Å²) in [5, 5.41) is 11.3. The maximum absolute atomic E-state index is 11.9. The monoisotopic (exact) mass is 293 g/mol. The van der Waals surface area contributed by atoms with Crippen molar-refractivity contribution in [2.75, 3.05) is 33.0 Å². The smallest absolute Gasteiger partial charge is 0.322 e. The fourth-order valence-corrected chi connectivity index (χ4v) is 1.52. The fourth-order valence-electron chi connectivity index (χ4n) is 1.52. The number of anilines is 1. The summed E-state index contributed by atoms with van der Waals surface area (Å²) in [5.41, 5.74) is 1.19. The number of nitrogens with zero attached hydrogens (tertiary/aromatic N) is 2. The Hall–Kier alpha value is -2.57. The van der Waals surface area contributed by atoms with Crippen molar-refractivity contribution in [3.8, 4) is 0 Å². The lowest BCUT2D eigenvalue weighted by Crippen LogP contribution is -2.39. The molecule has 0 unspecified atom stereocenters. The van der Waals surface area contributed by atoms with Crippen molar-refractivity contribution in [3.05, 3.63) is 29.8 Å². The summed E-state index contributed by atoms with van der Waals surface area (Å²) in [6.45, 7) is -0.0179. The van der Waals surface area contributed by atoms with Crippen LogP contribution in [0.15, 0.2) is 24.3 Å². The molecule has 0 bridgehead atoms. The van der Waals surface area contributed by atoms with Crippen molar-refractivity contribution in [2.24, 2.45) is 0 Å². The quantitative estimate of drug-likeness (QED) is 0.842. The topological polar surface area (TPSA) is 90.0 Å². The minimum Gasteiger partial charge on any atom is -0.481 e. The number of urea groups is 1. The second-order valence-corrected chi connectivity index (χ2v) is 4.84. The van der Waals surface area contributed by atoms with Gasteiger partial charge >= 0.3 is 12.0 Å². The molecule has 0 fully saturated rings. The molecular weight excluding hydrogens is 274 g/mol. The number of carboxylic acids is 1. The Labute approximate surface area is 123 Å². The highest BCUT2D eigenvalue weighted by atomic mass is 16.4. The lowest BCUT2D eigenvalue weighted by molar-refractivity contribution is -0.136. The minimum absolute atomic E-state index is 0.0179. The molecule has 7 heteroatoms. The van der Waals surface area contributed by atoms with Gasteiger partial charge in [0.15, 0.2) is 0 Å². The molecule has 3 amide bonds. The van der Waals surface area contributed by atoms with Crippen molar-refractivity contribution in [1.29, 1.82) is 0 Å². The zero-order valence-electron chi connectivity index (χ0n) is 12.3. The Morgan fingerprint density at radius 2 is 1.67 bits per heavy atom. The number of likely N-dealkylation sites (N-methyl/N-ethyl adjacent to an activating group) is 2. The number of rotatable bonds is 5. The van der Waals surface area contributed by atoms with Crippen LogP contribution in [0.25, 0.3) is 0 Å². The number of carboxylic acid groups (broad SMARTS) is 1. The number of hydrogen-bond donors (Lipinski definition) is 2. The molecule has 1 rings (SSSR count). The second kappa shape index (κ2) is 7.28. The fraction of sp³-hybridized carbons (Fsp3) is 0.357. The summed E-state index contributed by atoms with van der Waals surface area (Å²) in [7, 11) is 4.76. The van der Waals surface area contributed by atoms with E-state index in [0.29, 0.717) is 11.3 Å². The van der Waals surface area contributed by atoms with E-state index in [1.54, 1.807) is 38.4 Å². The average molecular weight is 293 g/mol. The van der Waals surface area contributed by atoms with E-state index in [2.05, 4.69) is 5.32 Å². The van der Waals surface area contributed by atoms with Crippen LogP contribution >= 0.6 is 0 Å². The Morgan fingerprint density at radius 1 is 1.10 bits per heavy atom. The first-order valence-electron chi connectivity index (χ1n) is 6.32. The van der Waals surface area contributed by atoms with Gasteiger partial charge in [-0.05, 0) is 17.7 Å². The van der Waals surface area contributed by atoms with Crippen LogP contribution in [0.2, 0.25) is 0 Å². The van der Waals surface area contributed by atoms with Crippen LogP contribution in [-0.4, -0.2) is 60.5 Å². The van der Waals surface area contributed by atoms with E-state index in [1.807, 2.05) is 0 Å². The Morgan fingerprint density at radius 3 is 2.14 bits per heavy atom. The molecule has 1 aromatic carbocycles. The summed E-state index contributed by atoms with van der Waals surface area (Å²) >= 11 is 0. The molecule has 1 aromatic rings. The largest absolute Gasteiger partial charge is 0.481 e. The van der Waals surface area contributed by atoms with E-state index >= 15 is 0 Å². The minimum atomic E-state index is -0.909. The normalized spacial score (nSPS) is 9.86. The van der Waals surface area contributed by atoms with Crippen molar-refractivity contribution < 1.29 is 19.5 Å². The van der Waals surface area contributed by atoms with Gasteiger partial charge in [-0.3, -0.25) is 9.59 Å². The summed E-state index contributed by atoms with van der Waals surface area (Å²) < 4.78 is 0. The molecule has 0 spiro atoms. The molecule has 0 saturated carbocycles. The first-order chi connectivity index (χ1) is 9.79. The zero-order valence-corrected chi connectivity index (χ0v) is 12.3. The van der Waals surface area contributed by atoms with Gasteiger partial charge in [0.2, 0.25) is 5.91 Å². The molecule has 21 heavy (non-hydrogen) atoms. The Bertz CT molecular complexity index is 526. The molecule has 0 atom stereocenters. The van der Waals surface area contributed by atoms with Crippen LogP contribution in [0.5, 0.6) is 0 Å². The molecule has 0 radical (unpaired) electrons. The van der Waals surface area contributed by atoms with Gasteiger partial charge in [-0.25, -0.2) is 4.79 Å². The van der Waals surface area contributed by atoms with Crippen molar-refractivity contribution in [1.82, 2.24) is 9.80 Å². The summed E-state index contributed by atoms with van der Waals surface area (Å²) in [6, 6.07) is 6.11. The van der Waals surface area contributed by atoms with Crippen molar-refractivity contribution >= 4 is 23.6 Å². The standard InChI is InChI=1S/C14H19N3O4/c1-16(2)12(18)9-17(3)14(21)15-11-6-4-10(5-7-11)8-13(19)20/h4-7H,8-9H2,1-3H3,(H,15,21)(H,19,20).